The lowest BCUT2D eigenvalue weighted by molar-refractivity contribution is 0.568. The topological polar surface area (TPSA) is 63.8 Å². The molecule has 5 heteroatoms. The lowest BCUT2D eigenvalue weighted by Crippen LogP contribution is -2.17. The second kappa shape index (κ2) is 5.50. The molecule has 0 fully saturated rings. The maximum absolute atomic E-state index is 5.52. The van der Waals surface area contributed by atoms with Crippen molar-refractivity contribution in [1.82, 2.24) is 9.97 Å². The van der Waals surface area contributed by atoms with Gasteiger partial charge in [-0.2, -0.15) is 0 Å². The second-order valence-corrected chi connectivity index (χ2v) is 6.73. The molecule has 2 aromatic rings. The number of hydrogen-bond acceptors (Lipinski definition) is 4. The van der Waals surface area contributed by atoms with E-state index >= 15 is 0 Å². The highest BCUT2D eigenvalue weighted by molar-refractivity contribution is 9.10. The molecule has 0 saturated heterocycles. The highest BCUT2D eigenvalue weighted by atomic mass is 79.9. The molecule has 20 heavy (non-hydrogen) atoms. The van der Waals surface area contributed by atoms with Crippen molar-refractivity contribution in [2.45, 2.75) is 33.1 Å². The Bertz CT molecular complexity index is 632. The molecule has 1 aromatic heterocycles. The van der Waals surface area contributed by atoms with Crippen molar-refractivity contribution in [2.75, 3.05) is 5.43 Å². The maximum Gasteiger partial charge on any atom is 0.162 e. The number of nitrogens with zero attached hydrogens (tertiary/aromatic N) is 2. The van der Waals surface area contributed by atoms with E-state index in [1.165, 1.54) is 0 Å². The highest BCUT2D eigenvalue weighted by Gasteiger charge is 2.19. The predicted molar refractivity (Wildman–Crippen MR) is 86.4 cm³/mol. The Kier molecular flexibility index (Phi) is 4.11. The van der Waals surface area contributed by atoms with Gasteiger partial charge >= 0.3 is 0 Å². The molecule has 0 atom stereocenters. The Balaban J connectivity index is 2.61. The smallest absolute Gasteiger partial charge is 0.162 e. The van der Waals surface area contributed by atoms with Crippen LogP contribution in [0, 0.1) is 6.92 Å². The number of halogens is 1. The number of hydrogen-bond donors (Lipinski definition) is 2. The van der Waals surface area contributed by atoms with Crippen molar-refractivity contribution < 1.29 is 0 Å². The van der Waals surface area contributed by atoms with Crippen molar-refractivity contribution in [2.24, 2.45) is 5.84 Å². The summed E-state index contributed by atoms with van der Waals surface area (Å²) in [5.74, 6) is 6.84. The molecular formula is C15H19BrN4. The third-order valence-electron chi connectivity index (χ3n) is 3.07. The number of rotatable bonds is 2. The zero-order valence-corrected chi connectivity index (χ0v) is 13.7. The molecule has 0 saturated carbocycles. The summed E-state index contributed by atoms with van der Waals surface area (Å²) < 4.78 is 1.04. The van der Waals surface area contributed by atoms with Crippen LogP contribution in [-0.4, -0.2) is 9.97 Å². The lowest BCUT2D eigenvalue weighted by atomic mass is 9.91. The van der Waals surface area contributed by atoms with Crippen LogP contribution < -0.4 is 11.3 Å². The zero-order chi connectivity index (χ0) is 14.9. The molecule has 4 nitrogen and oxygen atoms in total. The Morgan fingerprint density at radius 3 is 2.40 bits per heavy atom. The molecule has 106 valence electrons. The second-order valence-electron chi connectivity index (χ2n) is 5.82. The van der Waals surface area contributed by atoms with Crippen LogP contribution in [0.1, 0.15) is 32.0 Å². The van der Waals surface area contributed by atoms with E-state index in [-0.39, 0.29) is 5.41 Å². The number of hydrazine groups is 1. The molecule has 0 radical (unpaired) electrons. The van der Waals surface area contributed by atoms with Gasteiger partial charge in [0.2, 0.25) is 0 Å². The number of aryl methyl sites for hydroxylation is 1. The van der Waals surface area contributed by atoms with Gasteiger partial charge in [-0.1, -0.05) is 36.7 Å². The van der Waals surface area contributed by atoms with Gasteiger partial charge in [-0.05, 0) is 30.7 Å². The van der Waals surface area contributed by atoms with Gasteiger partial charge in [0.25, 0.3) is 0 Å². The Labute approximate surface area is 127 Å². The van der Waals surface area contributed by atoms with Crippen LogP contribution in [0.2, 0.25) is 0 Å². The minimum absolute atomic E-state index is 0.0629. The van der Waals surface area contributed by atoms with Crippen LogP contribution in [0.5, 0.6) is 0 Å². The van der Waals surface area contributed by atoms with Gasteiger partial charge in [0.1, 0.15) is 5.82 Å². The summed E-state index contributed by atoms with van der Waals surface area (Å²) in [6, 6.07) is 7.95. The predicted octanol–water partition coefficient (Wildman–Crippen LogP) is 3.80. The third kappa shape index (κ3) is 3.16. The van der Waals surface area contributed by atoms with E-state index in [4.69, 9.17) is 10.8 Å². The van der Waals surface area contributed by atoms with Crippen LogP contribution in [0.15, 0.2) is 28.7 Å². The fourth-order valence-electron chi connectivity index (χ4n) is 1.90. The molecule has 3 N–H and O–H groups in total. The fraction of sp³-hybridized carbons (Fsp3) is 0.333. The van der Waals surface area contributed by atoms with Crippen molar-refractivity contribution in [1.29, 1.82) is 0 Å². The SMILES string of the molecule is Cc1cc(Br)ccc1-c1nc(NN)cc(C(C)(C)C)n1. The quantitative estimate of drug-likeness (QED) is 0.647. The molecule has 0 aliphatic rings. The number of aromatic nitrogens is 2. The van der Waals surface area contributed by atoms with Gasteiger partial charge in [-0.3, -0.25) is 0 Å². The number of nitrogens with two attached hydrogens (primary N) is 1. The first-order valence-corrected chi connectivity index (χ1v) is 7.23. The van der Waals surface area contributed by atoms with Crippen molar-refractivity contribution in [3.8, 4) is 11.4 Å². The van der Waals surface area contributed by atoms with Crippen LogP contribution in [0.25, 0.3) is 11.4 Å². The lowest BCUT2D eigenvalue weighted by Gasteiger charge is -2.19. The molecule has 0 unspecified atom stereocenters. The fourth-order valence-corrected chi connectivity index (χ4v) is 2.38. The minimum atomic E-state index is -0.0629. The third-order valence-corrected chi connectivity index (χ3v) is 3.57. The van der Waals surface area contributed by atoms with Gasteiger partial charge in [0.05, 0.1) is 5.69 Å². The Morgan fingerprint density at radius 1 is 1.15 bits per heavy atom. The summed E-state index contributed by atoms with van der Waals surface area (Å²) in [6.45, 7) is 8.40. The number of nitrogen functional groups attached to an aromatic ring is 1. The van der Waals surface area contributed by atoms with Crippen LogP contribution >= 0.6 is 15.9 Å². The first kappa shape index (κ1) is 14.9. The van der Waals surface area contributed by atoms with Gasteiger partial charge in [0, 0.05) is 21.5 Å². The summed E-state index contributed by atoms with van der Waals surface area (Å²) in [7, 11) is 0. The Hall–Kier alpha value is -1.46. The van der Waals surface area contributed by atoms with Gasteiger partial charge in [-0.25, -0.2) is 15.8 Å². The van der Waals surface area contributed by atoms with Crippen LogP contribution in [0.4, 0.5) is 5.82 Å². The number of nitrogens with one attached hydrogen (secondary N) is 1. The van der Waals surface area contributed by atoms with E-state index in [9.17, 15) is 0 Å². The number of anilines is 1. The first-order valence-electron chi connectivity index (χ1n) is 6.44. The summed E-state index contributed by atoms with van der Waals surface area (Å²) in [4.78, 5) is 9.16. The maximum atomic E-state index is 5.52. The molecule has 0 bridgehead atoms. The van der Waals surface area contributed by atoms with E-state index < -0.39 is 0 Å². The summed E-state index contributed by atoms with van der Waals surface area (Å²) in [6.07, 6.45) is 0. The Morgan fingerprint density at radius 2 is 1.85 bits per heavy atom. The van der Waals surface area contributed by atoms with E-state index in [0.717, 1.165) is 21.3 Å². The molecule has 2 rings (SSSR count). The monoisotopic (exact) mass is 334 g/mol. The molecule has 0 spiro atoms. The zero-order valence-electron chi connectivity index (χ0n) is 12.2. The van der Waals surface area contributed by atoms with Crippen molar-refractivity contribution in [3.05, 3.63) is 40.0 Å². The van der Waals surface area contributed by atoms with Gasteiger partial charge in [0.15, 0.2) is 5.82 Å². The van der Waals surface area contributed by atoms with E-state index in [1.54, 1.807) is 0 Å². The summed E-state index contributed by atoms with van der Waals surface area (Å²) >= 11 is 3.47. The van der Waals surface area contributed by atoms with Crippen molar-refractivity contribution in [3.63, 3.8) is 0 Å². The minimum Gasteiger partial charge on any atom is -0.308 e. The first-order chi connectivity index (χ1) is 9.31. The van der Waals surface area contributed by atoms with Gasteiger partial charge < -0.3 is 5.43 Å². The molecular weight excluding hydrogens is 316 g/mol. The summed E-state index contributed by atoms with van der Waals surface area (Å²) in [5, 5.41) is 0. The highest BCUT2D eigenvalue weighted by Crippen LogP contribution is 2.28. The van der Waals surface area contributed by atoms with Gasteiger partial charge in [-0.15, -0.1) is 0 Å². The molecule has 0 aliphatic carbocycles. The average Bonchev–Trinajstić information content (AvgIpc) is 2.37. The normalized spacial score (nSPS) is 11.5. The van der Waals surface area contributed by atoms with Crippen molar-refractivity contribution >= 4 is 21.7 Å². The van der Waals surface area contributed by atoms with E-state index in [2.05, 4.69) is 53.2 Å². The average molecular weight is 335 g/mol. The molecule has 1 heterocycles. The number of benzene rings is 1. The van der Waals surface area contributed by atoms with E-state index in [1.807, 2.05) is 25.1 Å². The van der Waals surface area contributed by atoms with Crippen LogP contribution in [-0.2, 0) is 5.41 Å². The standard InChI is InChI=1S/C15H19BrN4/c1-9-7-10(16)5-6-11(9)14-18-12(15(2,3)4)8-13(19-14)20-17/h5-8H,17H2,1-4H3,(H,18,19,20). The molecule has 0 aliphatic heterocycles. The molecule has 1 aromatic carbocycles. The largest absolute Gasteiger partial charge is 0.308 e. The summed E-state index contributed by atoms with van der Waals surface area (Å²) in [5.41, 5.74) is 5.64. The van der Waals surface area contributed by atoms with E-state index in [0.29, 0.717) is 11.6 Å². The molecule has 0 amide bonds. The van der Waals surface area contributed by atoms with Crippen LogP contribution in [0.3, 0.4) is 0 Å².